The lowest BCUT2D eigenvalue weighted by atomic mass is 10.2. The van der Waals surface area contributed by atoms with E-state index in [1.165, 1.54) is 11.8 Å². The average molecular weight is 521 g/mol. The first kappa shape index (κ1) is 24.4. The van der Waals surface area contributed by atoms with Gasteiger partial charge in [-0.25, -0.2) is 23.1 Å². The van der Waals surface area contributed by atoms with Crippen LogP contribution in [0.2, 0.25) is 0 Å². The molecule has 2 aliphatic rings. The van der Waals surface area contributed by atoms with Crippen LogP contribution < -0.4 is 4.72 Å². The second kappa shape index (κ2) is 8.96. The van der Waals surface area contributed by atoms with Crippen LogP contribution in [0.25, 0.3) is 11.2 Å². The first-order chi connectivity index (χ1) is 16.6. The van der Waals surface area contributed by atoms with Crippen molar-refractivity contribution in [1.29, 1.82) is 0 Å². The molecule has 13 heteroatoms. The molecule has 1 aromatic carbocycles. The van der Waals surface area contributed by atoms with Gasteiger partial charge in [0.1, 0.15) is 12.2 Å². The summed E-state index contributed by atoms with van der Waals surface area (Å²) in [6.07, 6.45) is -0.437. The van der Waals surface area contributed by atoms with Crippen LogP contribution in [0.4, 0.5) is 5.82 Å². The van der Waals surface area contributed by atoms with E-state index >= 15 is 0 Å². The monoisotopic (exact) mass is 520 g/mol. The Kier molecular flexibility index (Phi) is 6.24. The van der Waals surface area contributed by atoms with E-state index in [1.54, 1.807) is 42.8 Å². The number of hydrogen-bond donors (Lipinski definition) is 2. The Hall–Kier alpha value is -2.32. The molecule has 1 aliphatic carbocycles. The van der Waals surface area contributed by atoms with E-state index in [1.807, 2.05) is 13.8 Å². The van der Waals surface area contributed by atoms with Crippen molar-refractivity contribution in [2.45, 2.75) is 80.7 Å². The van der Waals surface area contributed by atoms with Crippen molar-refractivity contribution >= 4 is 38.8 Å². The minimum Gasteiger partial charge on any atom is -0.390 e. The molecule has 3 aromatic rings. The SMILES string of the molecule is CCCSc1nc(NS(=O)(=O)c2ccc(C)cc2)c2nnn([C@@H]3C[C@H](O)[C@H]4OC(C)(C)O[C@H]43)c2n1. The summed E-state index contributed by atoms with van der Waals surface area (Å²) in [5.41, 5.74) is 1.54. The molecule has 1 saturated carbocycles. The van der Waals surface area contributed by atoms with Crippen molar-refractivity contribution < 1.29 is 23.0 Å². The van der Waals surface area contributed by atoms with Crippen molar-refractivity contribution in [3.05, 3.63) is 29.8 Å². The quantitative estimate of drug-likeness (QED) is 0.353. The number of aliphatic hydroxyl groups is 1. The van der Waals surface area contributed by atoms with Crippen molar-refractivity contribution in [3.8, 4) is 0 Å². The summed E-state index contributed by atoms with van der Waals surface area (Å²) < 4.78 is 42.3. The number of aryl methyl sites for hydroxylation is 1. The van der Waals surface area contributed by atoms with Crippen LogP contribution >= 0.6 is 11.8 Å². The van der Waals surface area contributed by atoms with Gasteiger partial charge in [0.05, 0.1) is 17.0 Å². The number of rotatable bonds is 7. The summed E-state index contributed by atoms with van der Waals surface area (Å²) in [6.45, 7) is 7.53. The molecule has 0 radical (unpaired) electrons. The zero-order valence-corrected chi connectivity index (χ0v) is 21.5. The first-order valence-corrected chi connectivity index (χ1v) is 13.9. The van der Waals surface area contributed by atoms with Gasteiger partial charge < -0.3 is 14.6 Å². The fourth-order valence-electron chi connectivity index (χ4n) is 4.43. The number of hydrogen-bond acceptors (Lipinski definition) is 10. The summed E-state index contributed by atoms with van der Waals surface area (Å²) in [5.74, 6) is -0.0218. The largest absolute Gasteiger partial charge is 0.390 e. The maximum Gasteiger partial charge on any atom is 0.263 e. The van der Waals surface area contributed by atoms with Crippen LogP contribution in [0.5, 0.6) is 0 Å². The highest BCUT2D eigenvalue weighted by molar-refractivity contribution is 7.99. The van der Waals surface area contributed by atoms with E-state index in [0.717, 1.165) is 17.7 Å². The molecule has 0 spiro atoms. The zero-order chi connectivity index (χ0) is 25.0. The molecule has 11 nitrogen and oxygen atoms in total. The standard InChI is InChI=1S/C22H28N6O5S2/c1-5-10-34-21-23-19(26-35(30,31)13-8-6-12(2)7-9-13)16-20(24-21)28(27-25-16)14-11-15(29)18-17(14)32-22(3,4)33-18/h6-9,14-15,17-18,29H,5,10-11H2,1-4H3,(H,23,24,26)/t14-,15+,17+,18-/m1/s1. The van der Waals surface area contributed by atoms with E-state index in [4.69, 9.17) is 9.47 Å². The van der Waals surface area contributed by atoms with Gasteiger partial charge in [-0.2, -0.15) is 0 Å². The number of aliphatic hydroxyl groups excluding tert-OH is 1. The zero-order valence-electron chi connectivity index (χ0n) is 19.9. The highest BCUT2D eigenvalue weighted by Gasteiger charge is 2.55. The molecule has 188 valence electrons. The lowest BCUT2D eigenvalue weighted by Crippen LogP contribution is -2.29. The topological polar surface area (TPSA) is 141 Å². The van der Waals surface area contributed by atoms with Gasteiger partial charge in [0.2, 0.25) is 0 Å². The number of ether oxygens (including phenoxy) is 2. The van der Waals surface area contributed by atoms with E-state index in [-0.39, 0.29) is 22.3 Å². The maximum atomic E-state index is 13.1. The molecular weight excluding hydrogens is 492 g/mol. The van der Waals surface area contributed by atoms with Crippen molar-refractivity contribution in [2.24, 2.45) is 0 Å². The second-order valence-corrected chi connectivity index (χ2v) is 12.0. The van der Waals surface area contributed by atoms with Gasteiger partial charge in [-0.15, -0.1) is 5.10 Å². The molecule has 2 aromatic heterocycles. The number of sulfonamides is 1. The van der Waals surface area contributed by atoms with Crippen LogP contribution in [0, 0.1) is 6.92 Å². The summed E-state index contributed by atoms with van der Waals surface area (Å²) in [6, 6.07) is 6.16. The molecule has 1 aliphatic heterocycles. The van der Waals surface area contributed by atoms with Crippen molar-refractivity contribution in [3.63, 3.8) is 0 Å². The smallest absolute Gasteiger partial charge is 0.263 e. The van der Waals surface area contributed by atoms with E-state index in [2.05, 4.69) is 25.0 Å². The maximum absolute atomic E-state index is 13.1. The van der Waals surface area contributed by atoms with Gasteiger partial charge in [-0.1, -0.05) is 41.6 Å². The summed E-state index contributed by atoms with van der Waals surface area (Å²) in [7, 11) is -3.92. The van der Waals surface area contributed by atoms with Crippen LogP contribution in [-0.4, -0.2) is 68.3 Å². The molecule has 0 unspecified atom stereocenters. The lowest BCUT2D eigenvalue weighted by molar-refractivity contribution is -0.165. The number of anilines is 1. The number of benzene rings is 1. The van der Waals surface area contributed by atoms with Crippen LogP contribution in [0.3, 0.4) is 0 Å². The predicted molar refractivity (Wildman–Crippen MR) is 130 cm³/mol. The van der Waals surface area contributed by atoms with Gasteiger partial charge in [0.15, 0.2) is 27.9 Å². The summed E-state index contributed by atoms with van der Waals surface area (Å²) in [5, 5.41) is 19.5. The minimum atomic E-state index is -3.92. The Labute approximate surface area is 207 Å². The van der Waals surface area contributed by atoms with Crippen LogP contribution in [0.1, 0.15) is 45.2 Å². The fraction of sp³-hybridized carbons (Fsp3) is 0.545. The van der Waals surface area contributed by atoms with E-state index < -0.39 is 34.1 Å². The molecule has 35 heavy (non-hydrogen) atoms. The number of nitrogens with zero attached hydrogens (tertiary/aromatic N) is 5. The third kappa shape index (κ3) is 4.62. The molecule has 2 N–H and O–H groups in total. The molecular formula is C22H28N6O5S2. The molecule has 0 bridgehead atoms. The average Bonchev–Trinajstić information content (AvgIpc) is 3.44. The molecule has 5 rings (SSSR count). The Balaban J connectivity index is 1.56. The fourth-order valence-corrected chi connectivity index (χ4v) is 6.14. The Morgan fingerprint density at radius 1 is 1.20 bits per heavy atom. The normalized spacial score (nSPS) is 25.7. The van der Waals surface area contributed by atoms with Gasteiger partial charge in [-0.05, 0) is 39.3 Å². The third-order valence-electron chi connectivity index (χ3n) is 6.02. The van der Waals surface area contributed by atoms with Crippen LogP contribution in [-0.2, 0) is 19.5 Å². The van der Waals surface area contributed by atoms with Crippen molar-refractivity contribution in [2.75, 3.05) is 10.5 Å². The Morgan fingerprint density at radius 3 is 2.63 bits per heavy atom. The molecule has 2 fully saturated rings. The number of fused-ring (bicyclic) bond motifs is 2. The first-order valence-electron chi connectivity index (χ1n) is 11.5. The van der Waals surface area contributed by atoms with Crippen molar-refractivity contribution in [1.82, 2.24) is 25.0 Å². The second-order valence-electron chi connectivity index (χ2n) is 9.26. The molecule has 4 atom stereocenters. The Morgan fingerprint density at radius 2 is 1.91 bits per heavy atom. The van der Waals surface area contributed by atoms with E-state index in [9.17, 15) is 13.5 Å². The predicted octanol–water partition coefficient (Wildman–Crippen LogP) is 2.66. The van der Waals surface area contributed by atoms with Gasteiger partial charge in [-0.3, -0.25) is 4.72 Å². The van der Waals surface area contributed by atoms with E-state index in [0.29, 0.717) is 17.2 Å². The summed E-state index contributed by atoms with van der Waals surface area (Å²) in [4.78, 5) is 9.21. The third-order valence-corrected chi connectivity index (χ3v) is 8.43. The van der Waals surface area contributed by atoms with Crippen LogP contribution in [0.15, 0.2) is 34.3 Å². The highest BCUT2D eigenvalue weighted by Crippen LogP contribution is 2.44. The Bertz CT molecular complexity index is 1340. The summed E-state index contributed by atoms with van der Waals surface area (Å²) >= 11 is 1.42. The highest BCUT2D eigenvalue weighted by atomic mass is 32.2. The van der Waals surface area contributed by atoms with Gasteiger partial charge in [0.25, 0.3) is 10.0 Å². The van der Waals surface area contributed by atoms with Gasteiger partial charge in [0, 0.05) is 12.2 Å². The molecule has 0 amide bonds. The number of nitrogens with one attached hydrogen (secondary N) is 1. The van der Waals surface area contributed by atoms with Gasteiger partial charge >= 0.3 is 0 Å². The minimum absolute atomic E-state index is 0.0550. The lowest BCUT2D eigenvalue weighted by Gasteiger charge is -2.22. The molecule has 1 saturated heterocycles. The number of thioether (sulfide) groups is 1. The molecule has 3 heterocycles. The number of aromatic nitrogens is 5.